The van der Waals surface area contributed by atoms with Gasteiger partial charge in [0.1, 0.15) is 0 Å². The molecule has 0 aromatic carbocycles. The maximum Gasteiger partial charge on any atom is 0.0202 e. The van der Waals surface area contributed by atoms with Gasteiger partial charge in [-0.15, -0.1) is 0 Å². The molecule has 0 bridgehead atoms. The van der Waals surface area contributed by atoms with Gasteiger partial charge >= 0.3 is 0 Å². The Bertz CT molecular complexity index is 253. The molecule has 0 aromatic rings. The summed E-state index contributed by atoms with van der Waals surface area (Å²) in [6.07, 6.45) is 5.48. The fourth-order valence-electron chi connectivity index (χ4n) is 1.56. The van der Waals surface area contributed by atoms with E-state index in [4.69, 9.17) is 0 Å². The molecule has 0 aliphatic heterocycles. The van der Waals surface area contributed by atoms with Crippen LogP contribution in [-0.4, -0.2) is 13.6 Å². The summed E-state index contributed by atoms with van der Waals surface area (Å²) in [6, 6.07) is 0. The van der Waals surface area contributed by atoms with E-state index in [2.05, 4.69) is 51.7 Å². The van der Waals surface area contributed by atoms with Crippen LogP contribution in [0.3, 0.4) is 0 Å². The van der Waals surface area contributed by atoms with Crippen LogP contribution in [0.15, 0.2) is 35.5 Å². The fraction of sp³-hybridized carbons (Fsp3) is 0.571. The molecule has 0 saturated carbocycles. The Morgan fingerprint density at radius 3 is 2.27 bits per heavy atom. The van der Waals surface area contributed by atoms with Crippen LogP contribution in [0.5, 0.6) is 0 Å². The summed E-state index contributed by atoms with van der Waals surface area (Å²) in [5.41, 5.74) is 3.85. The van der Waals surface area contributed by atoms with Gasteiger partial charge in [-0.05, 0) is 38.8 Å². The largest absolute Gasteiger partial charge is 0.316 e. The average Bonchev–Trinajstić information content (AvgIpc) is 2.00. The number of hydrogen-bond donors (Lipinski definition) is 1. The first-order valence-electron chi connectivity index (χ1n) is 5.63. The van der Waals surface area contributed by atoms with Gasteiger partial charge in [-0.25, -0.2) is 0 Å². The molecule has 0 atom stereocenters. The SMILES string of the molecule is C=C(/C=C(\C=C(C)C)CNC)CC(C)C. The molecule has 15 heavy (non-hydrogen) atoms. The average molecular weight is 207 g/mol. The zero-order valence-electron chi connectivity index (χ0n) is 10.9. The van der Waals surface area contributed by atoms with E-state index < -0.39 is 0 Å². The summed E-state index contributed by atoms with van der Waals surface area (Å²) in [7, 11) is 1.97. The highest BCUT2D eigenvalue weighted by Crippen LogP contribution is 2.13. The molecular formula is C14H25N. The van der Waals surface area contributed by atoms with Crippen LogP contribution < -0.4 is 5.32 Å². The van der Waals surface area contributed by atoms with Crippen LogP contribution in [0.4, 0.5) is 0 Å². The van der Waals surface area contributed by atoms with Crippen LogP contribution >= 0.6 is 0 Å². The van der Waals surface area contributed by atoms with Crippen LogP contribution in [0.25, 0.3) is 0 Å². The third kappa shape index (κ3) is 8.19. The van der Waals surface area contributed by atoms with Crippen molar-refractivity contribution in [1.29, 1.82) is 0 Å². The quantitative estimate of drug-likeness (QED) is 0.655. The van der Waals surface area contributed by atoms with E-state index in [0.29, 0.717) is 5.92 Å². The zero-order valence-corrected chi connectivity index (χ0v) is 10.9. The van der Waals surface area contributed by atoms with Crippen LogP contribution in [-0.2, 0) is 0 Å². The first kappa shape index (κ1) is 14.2. The second kappa shape index (κ2) is 7.47. The van der Waals surface area contributed by atoms with Crippen molar-refractivity contribution < 1.29 is 0 Å². The van der Waals surface area contributed by atoms with Crippen molar-refractivity contribution in [3.8, 4) is 0 Å². The smallest absolute Gasteiger partial charge is 0.0202 e. The Labute approximate surface area is 95.0 Å². The molecule has 0 aliphatic rings. The van der Waals surface area contributed by atoms with Crippen molar-refractivity contribution in [3.05, 3.63) is 35.5 Å². The summed E-state index contributed by atoms with van der Waals surface area (Å²) < 4.78 is 0. The molecule has 0 aliphatic carbocycles. The molecule has 0 spiro atoms. The third-order valence-corrected chi connectivity index (χ3v) is 1.91. The highest BCUT2D eigenvalue weighted by atomic mass is 14.8. The van der Waals surface area contributed by atoms with Gasteiger partial charge in [-0.1, -0.05) is 43.7 Å². The van der Waals surface area contributed by atoms with Gasteiger partial charge in [0.25, 0.3) is 0 Å². The molecule has 1 nitrogen and oxygen atoms in total. The summed E-state index contributed by atoms with van der Waals surface area (Å²) >= 11 is 0. The molecule has 0 unspecified atom stereocenters. The lowest BCUT2D eigenvalue weighted by Crippen LogP contribution is -2.09. The molecule has 0 heterocycles. The highest BCUT2D eigenvalue weighted by molar-refractivity contribution is 5.31. The Morgan fingerprint density at radius 1 is 1.27 bits per heavy atom. The Hall–Kier alpha value is -0.820. The molecular weight excluding hydrogens is 182 g/mol. The Morgan fingerprint density at radius 2 is 1.87 bits per heavy atom. The van der Waals surface area contributed by atoms with Gasteiger partial charge < -0.3 is 5.32 Å². The summed E-state index contributed by atoms with van der Waals surface area (Å²) in [6.45, 7) is 13.7. The lowest BCUT2D eigenvalue weighted by atomic mass is 10.0. The number of allylic oxidation sites excluding steroid dienone is 3. The minimum absolute atomic E-state index is 0.677. The Kier molecular flexibility index (Phi) is 7.06. The first-order chi connectivity index (χ1) is 6.95. The number of nitrogens with one attached hydrogen (secondary N) is 1. The van der Waals surface area contributed by atoms with Crippen molar-refractivity contribution in [3.63, 3.8) is 0 Å². The summed E-state index contributed by atoms with van der Waals surface area (Å²) in [4.78, 5) is 0. The molecule has 1 N–H and O–H groups in total. The van der Waals surface area contributed by atoms with Crippen molar-refractivity contribution in [2.75, 3.05) is 13.6 Å². The molecule has 1 heteroatoms. The molecule has 0 fully saturated rings. The highest BCUT2D eigenvalue weighted by Gasteiger charge is 1.98. The predicted octanol–water partition coefficient (Wildman–Crippen LogP) is 3.70. The molecule has 0 aromatic heterocycles. The van der Waals surface area contributed by atoms with Crippen molar-refractivity contribution in [2.24, 2.45) is 5.92 Å². The lowest BCUT2D eigenvalue weighted by molar-refractivity contribution is 0.650. The number of rotatable bonds is 6. The summed E-state index contributed by atoms with van der Waals surface area (Å²) in [5, 5.41) is 3.18. The maximum atomic E-state index is 4.09. The van der Waals surface area contributed by atoms with E-state index in [1.165, 1.54) is 16.7 Å². The minimum Gasteiger partial charge on any atom is -0.316 e. The van der Waals surface area contributed by atoms with Gasteiger partial charge in [0, 0.05) is 6.54 Å². The van der Waals surface area contributed by atoms with Crippen molar-refractivity contribution in [1.82, 2.24) is 5.32 Å². The van der Waals surface area contributed by atoms with Crippen LogP contribution in [0.2, 0.25) is 0 Å². The molecule has 0 amide bonds. The van der Waals surface area contributed by atoms with Crippen molar-refractivity contribution >= 4 is 0 Å². The fourth-order valence-corrected chi connectivity index (χ4v) is 1.56. The monoisotopic (exact) mass is 207 g/mol. The minimum atomic E-state index is 0.677. The normalized spacial score (nSPS) is 11.7. The number of likely N-dealkylation sites (N-methyl/N-ethyl adjacent to an activating group) is 1. The maximum absolute atomic E-state index is 4.09. The van der Waals surface area contributed by atoms with E-state index in [1.807, 2.05) is 7.05 Å². The van der Waals surface area contributed by atoms with E-state index in [1.54, 1.807) is 0 Å². The van der Waals surface area contributed by atoms with E-state index in [0.717, 1.165) is 13.0 Å². The second-order valence-electron chi connectivity index (χ2n) is 4.73. The summed E-state index contributed by atoms with van der Waals surface area (Å²) in [5.74, 6) is 0.677. The van der Waals surface area contributed by atoms with Crippen LogP contribution in [0.1, 0.15) is 34.1 Å². The molecule has 0 saturated heterocycles. The number of hydrogen-bond acceptors (Lipinski definition) is 1. The third-order valence-electron chi connectivity index (χ3n) is 1.91. The predicted molar refractivity (Wildman–Crippen MR) is 70.0 cm³/mol. The zero-order chi connectivity index (χ0) is 11.8. The molecule has 0 rings (SSSR count). The van der Waals surface area contributed by atoms with E-state index in [-0.39, 0.29) is 0 Å². The van der Waals surface area contributed by atoms with Gasteiger partial charge in [-0.2, -0.15) is 0 Å². The molecule has 86 valence electrons. The van der Waals surface area contributed by atoms with Gasteiger partial charge in [-0.3, -0.25) is 0 Å². The van der Waals surface area contributed by atoms with Gasteiger partial charge in [0.05, 0.1) is 0 Å². The lowest BCUT2D eigenvalue weighted by Gasteiger charge is -2.07. The van der Waals surface area contributed by atoms with Gasteiger partial charge in [0.15, 0.2) is 0 Å². The van der Waals surface area contributed by atoms with Crippen molar-refractivity contribution in [2.45, 2.75) is 34.1 Å². The van der Waals surface area contributed by atoms with Crippen LogP contribution in [0, 0.1) is 5.92 Å². The Balaban J connectivity index is 4.53. The van der Waals surface area contributed by atoms with Gasteiger partial charge in [0.2, 0.25) is 0 Å². The topological polar surface area (TPSA) is 12.0 Å². The second-order valence-corrected chi connectivity index (χ2v) is 4.73. The molecule has 0 radical (unpaired) electrons. The standard InChI is InChI=1S/C14H25N/c1-11(2)7-13(5)9-14(10-15-6)8-12(3)4/h8-9,11,15H,5,7,10H2,1-4,6H3/b14-9+. The van der Waals surface area contributed by atoms with E-state index in [9.17, 15) is 0 Å². The first-order valence-corrected chi connectivity index (χ1v) is 5.63. The van der Waals surface area contributed by atoms with E-state index >= 15 is 0 Å².